The Hall–Kier alpha value is -0.670. The van der Waals surface area contributed by atoms with Gasteiger partial charge in [0, 0.05) is 0 Å². The summed E-state index contributed by atoms with van der Waals surface area (Å²) in [5, 5.41) is 0. The van der Waals surface area contributed by atoms with Crippen LogP contribution in [0.15, 0.2) is 16.3 Å². The van der Waals surface area contributed by atoms with E-state index in [1.54, 1.807) is 13.0 Å². The number of nitrogens with zero attached hydrogens (tertiary/aromatic N) is 1. The van der Waals surface area contributed by atoms with E-state index >= 15 is 0 Å². The van der Waals surface area contributed by atoms with Gasteiger partial charge >= 0.3 is 0 Å². The molecule has 2 heterocycles. The van der Waals surface area contributed by atoms with Crippen molar-refractivity contribution in [1.82, 2.24) is 4.31 Å². The first-order valence-corrected chi connectivity index (χ1v) is 8.85. The molecule has 1 aromatic heterocycles. The highest BCUT2D eigenvalue weighted by Crippen LogP contribution is 2.27. The summed E-state index contributed by atoms with van der Waals surface area (Å²) in [6, 6.07) is 2.81. The van der Waals surface area contributed by atoms with Gasteiger partial charge in [0.05, 0.1) is 30.5 Å². The molecule has 0 unspecified atom stereocenters. The number of carbonyl (C=O) groups excluding carboxylic acids is 1. The van der Waals surface area contributed by atoms with Crippen LogP contribution in [0.25, 0.3) is 0 Å². The van der Waals surface area contributed by atoms with Crippen LogP contribution in [-0.4, -0.2) is 50.9 Å². The molecule has 1 aliphatic heterocycles. The van der Waals surface area contributed by atoms with Gasteiger partial charge in [-0.15, -0.1) is 11.3 Å². The normalized spacial score (nSPS) is 19.9. The van der Waals surface area contributed by atoms with Gasteiger partial charge in [-0.2, -0.15) is 4.31 Å². The highest BCUT2D eigenvalue weighted by Gasteiger charge is 2.34. The summed E-state index contributed by atoms with van der Waals surface area (Å²) in [4.78, 5) is 12.2. The predicted octanol–water partition coefficient (Wildman–Crippen LogP) is -0.835. The standard InChI is InChI=1S/C11H16ClN3O3S2/c1-8(11(13)16)14-4-6-15(7-5-14)20(17,18)10-3-2-9(12)19-10/h2-3,8H,4-7H2,1H3,(H2,13,16)/p+1/t8-/m1/s1. The molecule has 1 atom stereocenters. The predicted molar refractivity (Wildman–Crippen MR) is 77.4 cm³/mol. The van der Waals surface area contributed by atoms with Crippen molar-refractivity contribution in [1.29, 1.82) is 0 Å². The van der Waals surface area contributed by atoms with Crippen LogP contribution < -0.4 is 10.6 Å². The van der Waals surface area contributed by atoms with Gasteiger partial charge in [0.1, 0.15) is 4.21 Å². The number of hydrogen-bond acceptors (Lipinski definition) is 4. The number of rotatable bonds is 4. The molecule has 2 rings (SSSR count). The molecule has 1 aliphatic rings. The number of nitrogens with one attached hydrogen (secondary N) is 1. The van der Waals surface area contributed by atoms with Gasteiger partial charge in [0.25, 0.3) is 15.9 Å². The van der Waals surface area contributed by atoms with E-state index in [-0.39, 0.29) is 16.2 Å². The van der Waals surface area contributed by atoms with Crippen LogP contribution in [0.5, 0.6) is 0 Å². The molecule has 0 spiro atoms. The van der Waals surface area contributed by atoms with Crippen molar-refractivity contribution in [2.75, 3.05) is 26.2 Å². The molecule has 1 saturated heterocycles. The lowest BCUT2D eigenvalue weighted by molar-refractivity contribution is -0.917. The third kappa shape index (κ3) is 3.15. The maximum atomic E-state index is 12.4. The van der Waals surface area contributed by atoms with E-state index in [9.17, 15) is 13.2 Å². The van der Waals surface area contributed by atoms with Crippen molar-refractivity contribution in [3.8, 4) is 0 Å². The molecule has 0 saturated carbocycles. The molecule has 1 amide bonds. The van der Waals surface area contributed by atoms with Gasteiger partial charge in [0.15, 0.2) is 6.04 Å². The summed E-state index contributed by atoms with van der Waals surface area (Å²) in [5.74, 6) is -0.360. The van der Waals surface area contributed by atoms with Gasteiger partial charge < -0.3 is 10.6 Å². The molecular weight excluding hydrogens is 322 g/mol. The lowest BCUT2D eigenvalue weighted by atomic mass is 10.2. The summed E-state index contributed by atoms with van der Waals surface area (Å²) >= 11 is 6.84. The molecule has 0 radical (unpaired) electrons. The topological polar surface area (TPSA) is 84.9 Å². The molecule has 0 bridgehead atoms. The second kappa shape index (κ2) is 5.98. The Kier molecular flexibility index (Phi) is 4.70. The molecule has 112 valence electrons. The van der Waals surface area contributed by atoms with Crippen molar-refractivity contribution in [2.45, 2.75) is 17.2 Å². The first kappa shape index (κ1) is 15.7. The second-order valence-corrected chi connectivity index (χ2v) is 8.62. The fourth-order valence-corrected chi connectivity index (χ4v) is 5.29. The Balaban J connectivity index is 2.05. The Morgan fingerprint density at radius 1 is 1.45 bits per heavy atom. The average Bonchev–Trinajstić information content (AvgIpc) is 2.85. The Labute approximate surface area is 127 Å². The zero-order valence-electron chi connectivity index (χ0n) is 11.0. The van der Waals surface area contributed by atoms with Crippen LogP contribution in [-0.2, 0) is 14.8 Å². The van der Waals surface area contributed by atoms with E-state index in [2.05, 4.69) is 0 Å². The number of amides is 1. The van der Waals surface area contributed by atoms with E-state index in [1.165, 1.54) is 10.4 Å². The molecule has 9 heteroatoms. The molecule has 6 nitrogen and oxygen atoms in total. The number of carbonyl (C=O) groups is 1. The van der Waals surface area contributed by atoms with Crippen LogP contribution in [0, 0.1) is 0 Å². The monoisotopic (exact) mass is 338 g/mol. The molecule has 0 aliphatic carbocycles. The number of quaternary nitrogens is 1. The number of thiophene rings is 1. The van der Waals surface area contributed by atoms with Crippen LogP contribution in [0.1, 0.15) is 6.92 Å². The molecule has 0 aromatic carbocycles. The third-order valence-corrected chi connectivity index (χ3v) is 7.14. The van der Waals surface area contributed by atoms with Crippen molar-refractivity contribution in [3.05, 3.63) is 16.5 Å². The average molecular weight is 339 g/mol. The lowest BCUT2D eigenvalue weighted by Gasteiger charge is -2.33. The highest BCUT2D eigenvalue weighted by molar-refractivity contribution is 7.91. The van der Waals surface area contributed by atoms with Gasteiger partial charge in [0.2, 0.25) is 0 Å². The quantitative estimate of drug-likeness (QED) is 0.751. The van der Waals surface area contributed by atoms with Crippen LogP contribution >= 0.6 is 22.9 Å². The Morgan fingerprint density at radius 2 is 2.05 bits per heavy atom. The summed E-state index contributed by atoms with van der Waals surface area (Å²) < 4.78 is 26.9. The smallest absolute Gasteiger partial charge is 0.275 e. The van der Waals surface area contributed by atoms with Gasteiger partial charge in [-0.3, -0.25) is 4.79 Å². The Morgan fingerprint density at radius 3 is 2.50 bits per heavy atom. The third-order valence-electron chi connectivity index (χ3n) is 3.55. The first-order chi connectivity index (χ1) is 9.32. The fourth-order valence-electron chi connectivity index (χ4n) is 2.21. The number of sulfonamides is 1. The van der Waals surface area contributed by atoms with Crippen LogP contribution in [0.2, 0.25) is 4.34 Å². The first-order valence-electron chi connectivity index (χ1n) is 6.22. The number of piperazine rings is 1. The summed E-state index contributed by atoms with van der Waals surface area (Å²) in [5.41, 5.74) is 5.28. The zero-order valence-corrected chi connectivity index (χ0v) is 13.4. The number of hydrogen-bond donors (Lipinski definition) is 2. The van der Waals surface area contributed by atoms with Gasteiger partial charge in [-0.25, -0.2) is 8.42 Å². The largest absolute Gasteiger partial charge is 0.365 e. The number of halogens is 1. The molecular formula is C11H17ClN3O3S2+. The van der Waals surface area contributed by atoms with E-state index < -0.39 is 10.0 Å². The van der Waals surface area contributed by atoms with Crippen LogP contribution in [0.3, 0.4) is 0 Å². The van der Waals surface area contributed by atoms with E-state index in [4.69, 9.17) is 17.3 Å². The summed E-state index contributed by atoms with van der Waals surface area (Å²) in [6.07, 6.45) is 0. The van der Waals surface area contributed by atoms with Crippen molar-refractivity contribution in [3.63, 3.8) is 0 Å². The lowest BCUT2D eigenvalue weighted by Crippen LogP contribution is -3.19. The fraction of sp³-hybridized carbons (Fsp3) is 0.545. The zero-order chi connectivity index (χ0) is 14.9. The maximum Gasteiger partial charge on any atom is 0.275 e. The van der Waals surface area contributed by atoms with E-state index in [1.807, 2.05) is 0 Å². The van der Waals surface area contributed by atoms with Crippen molar-refractivity contribution >= 4 is 38.9 Å². The minimum absolute atomic E-state index is 0.258. The minimum atomic E-state index is -3.47. The van der Waals surface area contributed by atoms with Crippen LogP contribution in [0.4, 0.5) is 0 Å². The summed E-state index contributed by atoms with van der Waals surface area (Å²) in [6.45, 7) is 3.67. The van der Waals surface area contributed by atoms with Crippen molar-refractivity contribution < 1.29 is 18.1 Å². The SMILES string of the molecule is C[C@H](C(N)=O)[NH+]1CCN(S(=O)(=O)c2ccc(Cl)s2)CC1. The number of primary amides is 1. The van der Waals surface area contributed by atoms with Gasteiger partial charge in [-0.1, -0.05) is 11.6 Å². The summed E-state index contributed by atoms with van der Waals surface area (Å²) in [7, 11) is -3.47. The maximum absolute atomic E-state index is 12.4. The molecule has 20 heavy (non-hydrogen) atoms. The molecule has 3 N–H and O–H groups in total. The molecule has 1 fully saturated rings. The molecule has 1 aromatic rings. The van der Waals surface area contributed by atoms with Crippen molar-refractivity contribution in [2.24, 2.45) is 5.73 Å². The van der Waals surface area contributed by atoms with Gasteiger partial charge in [-0.05, 0) is 19.1 Å². The highest BCUT2D eigenvalue weighted by atomic mass is 35.5. The second-order valence-electron chi connectivity index (χ2n) is 4.74. The minimum Gasteiger partial charge on any atom is -0.365 e. The van der Waals surface area contributed by atoms with E-state index in [0.29, 0.717) is 30.5 Å². The Bertz CT molecular complexity index is 594. The number of nitrogens with two attached hydrogens (primary N) is 1. The van der Waals surface area contributed by atoms with E-state index in [0.717, 1.165) is 16.2 Å².